The lowest BCUT2D eigenvalue weighted by molar-refractivity contribution is 0.424. The first-order valence-electron chi connectivity index (χ1n) is 3.98. The second kappa shape index (κ2) is 3.23. The molecule has 1 aromatic carbocycles. The van der Waals surface area contributed by atoms with Gasteiger partial charge < -0.3 is 15.4 Å². The van der Waals surface area contributed by atoms with Gasteiger partial charge in [-0.25, -0.2) is 8.78 Å². The summed E-state index contributed by atoms with van der Waals surface area (Å²) >= 11 is 0. The van der Waals surface area contributed by atoms with Crippen molar-refractivity contribution in [1.82, 2.24) is 5.16 Å². The van der Waals surface area contributed by atoms with Gasteiger partial charge in [-0.15, -0.1) is 0 Å². The first kappa shape index (κ1) is 9.45. The number of rotatable bonds is 1. The highest BCUT2D eigenvalue weighted by atomic mass is 19.1. The van der Waals surface area contributed by atoms with Gasteiger partial charge in [0.1, 0.15) is 11.5 Å². The molecule has 0 bridgehead atoms. The normalized spacial score (nSPS) is 10.5. The maximum atomic E-state index is 13.0. The van der Waals surface area contributed by atoms with E-state index in [9.17, 15) is 13.9 Å². The van der Waals surface area contributed by atoms with Crippen LogP contribution in [0.5, 0.6) is 5.75 Å². The second-order valence-electron chi connectivity index (χ2n) is 2.90. The summed E-state index contributed by atoms with van der Waals surface area (Å²) in [5.41, 5.74) is 5.21. The zero-order chi connectivity index (χ0) is 11.0. The standard InChI is InChI=1S/C9H6F2N2O2/c10-4-1-5(9(14)6(11)2-4)7-3-8(12)15-13-7/h1-3,14H,12H2. The van der Waals surface area contributed by atoms with Crippen molar-refractivity contribution in [3.63, 3.8) is 0 Å². The van der Waals surface area contributed by atoms with Gasteiger partial charge in [0.2, 0.25) is 5.88 Å². The van der Waals surface area contributed by atoms with Crippen molar-refractivity contribution in [2.45, 2.75) is 0 Å². The molecule has 0 saturated carbocycles. The highest BCUT2D eigenvalue weighted by Gasteiger charge is 2.14. The van der Waals surface area contributed by atoms with E-state index in [1.165, 1.54) is 6.07 Å². The molecule has 0 aliphatic heterocycles. The van der Waals surface area contributed by atoms with Crippen LogP contribution in [0.3, 0.4) is 0 Å². The molecule has 0 aliphatic rings. The molecule has 6 heteroatoms. The molecule has 0 aliphatic carbocycles. The van der Waals surface area contributed by atoms with E-state index in [1.54, 1.807) is 0 Å². The number of halogens is 2. The van der Waals surface area contributed by atoms with E-state index < -0.39 is 17.4 Å². The Kier molecular flexibility index (Phi) is 2.03. The van der Waals surface area contributed by atoms with Crippen molar-refractivity contribution >= 4 is 5.88 Å². The van der Waals surface area contributed by atoms with Gasteiger partial charge in [-0.05, 0) is 6.07 Å². The molecule has 4 nitrogen and oxygen atoms in total. The molecule has 0 unspecified atom stereocenters. The van der Waals surface area contributed by atoms with Crippen LogP contribution < -0.4 is 5.73 Å². The van der Waals surface area contributed by atoms with Crippen molar-refractivity contribution in [2.75, 3.05) is 5.73 Å². The lowest BCUT2D eigenvalue weighted by atomic mass is 10.1. The lowest BCUT2D eigenvalue weighted by Crippen LogP contribution is -1.86. The molecular weight excluding hydrogens is 206 g/mol. The van der Waals surface area contributed by atoms with Crippen LogP contribution in [0.2, 0.25) is 0 Å². The Balaban J connectivity index is 2.62. The number of nitrogen functional groups attached to an aromatic ring is 1. The summed E-state index contributed by atoms with van der Waals surface area (Å²) in [6.45, 7) is 0. The largest absolute Gasteiger partial charge is 0.504 e. The van der Waals surface area contributed by atoms with Gasteiger partial charge in [0.15, 0.2) is 11.6 Å². The fourth-order valence-electron chi connectivity index (χ4n) is 1.18. The first-order valence-corrected chi connectivity index (χ1v) is 3.98. The Morgan fingerprint density at radius 1 is 1.27 bits per heavy atom. The van der Waals surface area contributed by atoms with E-state index >= 15 is 0 Å². The zero-order valence-electron chi connectivity index (χ0n) is 7.37. The third-order valence-electron chi connectivity index (χ3n) is 1.83. The van der Waals surface area contributed by atoms with Gasteiger partial charge in [-0.3, -0.25) is 0 Å². The Hall–Kier alpha value is -2.11. The van der Waals surface area contributed by atoms with Crippen molar-refractivity contribution in [2.24, 2.45) is 0 Å². The van der Waals surface area contributed by atoms with Gasteiger partial charge in [-0.1, -0.05) is 5.16 Å². The number of aromatic nitrogens is 1. The van der Waals surface area contributed by atoms with Gasteiger partial charge >= 0.3 is 0 Å². The predicted molar refractivity (Wildman–Crippen MR) is 47.9 cm³/mol. The molecule has 78 valence electrons. The van der Waals surface area contributed by atoms with Crippen LogP contribution in [0, 0.1) is 11.6 Å². The molecule has 1 heterocycles. The Labute approximate surface area is 82.9 Å². The van der Waals surface area contributed by atoms with Crippen molar-refractivity contribution in [1.29, 1.82) is 0 Å². The highest BCUT2D eigenvalue weighted by Crippen LogP contribution is 2.32. The number of benzene rings is 1. The molecule has 0 atom stereocenters. The molecule has 15 heavy (non-hydrogen) atoms. The maximum absolute atomic E-state index is 13.0. The van der Waals surface area contributed by atoms with E-state index in [1.807, 2.05) is 0 Å². The third kappa shape index (κ3) is 1.61. The Morgan fingerprint density at radius 2 is 2.00 bits per heavy atom. The maximum Gasteiger partial charge on any atom is 0.222 e. The molecule has 3 N–H and O–H groups in total. The zero-order valence-corrected chi connectivity index (χ0v) is 7.37. The third-order valence-corrected chi connectivity index (χ3v) is 1.83. The lowest BCUT2D eigenvalue weighted by Gasteiger charge is -2.01. The predicted octanol–water partition coefficient (Wildman–Crippen LogP) is 1.91. The van der Waals surface area contributed by atoms with Gasteiger partial charge in [0.25, 0.3) is 0 Å². The first-order chi connectivity index (χ1) is 7.08. The van der Waals surface area contributed by atoms with Gasteiger partial charge in [0.05, 0.1) is 5.56 Å². The monoisotopic (exact) mass is 212 g/mol. The summed E-state index contributed by atoms with van der Waals surface area (Å²) in [6, 6.07) is 2.77. The molecule has 0 amide bonds. The van der Waals surface area contributed by atoms with Gasteiger partial charge in [0, 0.05) is 12.1 Å². The SMILES string of the molecule is Nc1cc(-c2cc(F)cc(F)c2O)no1. The summed E-state index contributed by atoms with van der Waals surface area (Å²) in [4.78, 5) is 0. The molecule has 0 fully saturated rings. The summed E-state index contributed by atoms with van der Waals surface area (Å²) in [5, 5.41) is 12.8. The molecule has 0 radical (unpaired) electrons. The number of phenols is 1. The van der Waals surface area contributed by atoms with Gasteiger partial charge in [-0.2, -0.15) is 0 Å². The van der Waals surface area contributed by atoms with E-state index in [-0.39, 0.29) is 17.1 Å². The summed E-state index contributed by atoms with van der Waals surface area (Å²) in [5.74, 6) is -2.58. The Bertz CT molecular complexity index is 511. The number of nitrogens with zero attached hydrogens (tertiary/aromatic N) is 1. The molecular formula is C9H6F2N2O2. The minimum atomic E-state index is -1.06. The molecule has 2 rings (SSSR count). The fourth-order valence-corrected chi connectivity index (χ4v) is 1.18. The molecule has 2 aromatic rings. The van der Waals surface area contributed by atoms with Crippen LogP contribution >= 0.6 is 0 Å². The minimum absolute atomic E-state index is 0.00549. The number of hydrogen-bond donors (Lipinski definition) is 2. The second-order valence-corrected chi connectivity index (χ2v) is 2.90. The van der Waals surface area contributed by atoms with Crippen LogP contribution in [0.15, 0.2) is 22.7 Å². The quantitative estimate of drug-likeness (QED) is 0.757. The molecule has 0 spiro atoms. The number of anilines is 1. The summed E-state index contributed by atoms with van der Waals surface area (Å²) < 4.78 is 30.3. The van der Waals surface area contributed by atoms with E-state index in [4.69, 9.17) is 5.73 Å². The highest BCUT2D eigenvalue weighted by molar-refractivity contribution is 5.68. The number of phenolic OH excluding ortho intramolecular Hbond substituents is 1. The van der Waals surface area contributed by atoms with E-state index in [0.717, 1.165) is 6.07 Å². The van der Waals surface area contributed by atoms with Crippen molar-refractivity contribution < 1.29 is 18.4 Å². The van der Waals surface area contributed by atoms with Crippen molar-refractivity contribution in [3.8, 4) is 17.0 Å². The average molecular weight is 212 g/mol. The minimum Gasteiger partial charge on any atom is -0.504 e. The van der Waals surface area contributed by atoms with Crippen LogP contribution in [0.1, 0.15) is 0 Å². The fraction of sp³-hybridized carbons (Fsp3) is 0. The van der Waals surface area contributed by atoms with Crippen LogP contribution in [0.4, 0.5) is 14.7 Å². The summed E-state index contributed by atoms with van der Waals surface area (Å²) in [6.07, 6.45) is 0. The van der Waals surface area contributed by atoms with Crippen LogP contribution in [-0.2, 0) is 0 Å². The summed E-state index contributed by atoms with van der Waals surface area (Å²) in [7, 11) is 0. The Morgan fingerprint density at radius 3 is 2.60 bits per heavy atom. The molecule has 0 saturated heterocycles. The van der Waals surface area contributed by atoms with E-state index in [2.05, 4.69) is 9.68 Å². The number of nitrogens with two attached hydrogens (primary N) is 1. The number of hydrogen-bond acceptors (Lipinski definition) is 4. The number of aromatic hydroxyl groups is 1. The average Bonchev–Trinajstić information content (AvgIpc) is 2.58. The topological polar surface area (TPSA) is 72.3 Å². The molecule has 1 aromatic heterocycles. The van der Waals surface area contributed by atoms with Crippen molar-refractivity contribution in [3.05, 3.63) is 29.8 Å². The van der Waals surface area contributed by atoms with Crippen LogP contribution in [0.25, 0.3) is 11.3 Å². The van der Waals surface area contributed by atoms with Crippen LogP contribution in [-0.4, -0.2) is 10.3 Å². The van der Waals surface area contributed by atoms with E-state index in [0.29, 0.717) is 6.07 Å². The smallest absolute Gasteiger partial charge is 0.222 e.